The fourth-order valence-corrected chi connectivity index (χ4v) is 3.05. The van der Waals surface area contributed by atoms with Crippen LogP contribution in [0.15, 0.2) is 68.4 Å². The van der Waals surface area contributed by atoms with Crippen molar-refractivity contribution in [3.05, 3.63) is 64.6 Å². The second kappa shape index (κ2) is 7.81. The zero-order valence-corrected chi connectivity index (χ0v) is 16.3. The molecule has 0 saturated heterocycles. The van der Waals surface area contributed by atoms with E-state index in [0.29, 0.717) is 22.8 Å². The molecule has 1 aromatic heterocycles. The van der Waals surface area contributed by atoms with E-state index in [9.17, 15) is 18.0 Å². The van der Waals surface area contributed by atoms with E-state index in [1.165, 1.54) is 35.9 Å². The number of rotatable bonds is 5. The van der Waals surface area contributed by atoms with Crippen molar-refractivity contribution >= 4 is 33.1 Å². The summed E-state index contributed by atoms with van der Waals surface area (Å²) < 4.78 is 32.8. The molecule has 0 radical (unpaired) electrons. The Morgan fingerprint density at radius 1 is 1.07 bits per heavy atom. The van der Waals surface area contributed by atoms with E-state index in [1.807, 2.05) is 0 Å². The van der Waals surface area contributed by atoms with Gasteiger partial charge < -0.3 is 5.32 Å². The Labute approximate surface area is 165 Å². The average molecular weight is 415 g/mol. The van der Waals surface area contributed by atoms with Gasteiger partial charge in [-0.2, -0.15) is 13.5 Å². The standard InChI is InChI=1S/C18H17N5O5S/c1-11-17(21-20-14-5-3-13(4-6-14)19-12(2)24)18(25)22-23(11)15-7-9-16(10-8-15)29(26,27)28/h3-10H,1-2H3,(H,19,24)(H,22,25)(H,26,27,28). The number of azo groups is 1. The van der Waals surface area contributed by atoms with Gasteiger partial charge in [-0.05, 0) is 55.5 Å². The summed E-state index contributed by atoms with van der Waals surface area (Å²) in [5.41, 5.74) is 1.67. The van der Waals surface area contributed by atoms with E-state index >= 15 is 0 Å². The fraction of sp³-hybridized carbons (Fsp3) is 0.111. The van der Waals surface area contributed by atoms with Crippen LogP contribution >= 0.6 is 0 Å². The molecule has 1 heterocycles. The largest absolute Gasteiger partial charge is 0.326 e. The van der Waals surface area contributed by atoms with E-state index in [2.05, 4.69) is 20.6 Å². The summed E-state index contributed by atoms with van der Waals surface area (Å²) in [5.74, 6) is -0.188. The molecule has 0 atom stereocenters. The van der Waals surface area contributed by atoms with Crippen LogP contribution in [-0.2, 0) is 14.9 Å². The number of anilines is 1. The third kappa shape index (κ3) is 4.65. The van der Waals surface area contributed by atoms with Gasteiger partial charge in [0.15, 0.2) is 5.69 Å². The van der Waals surface area contributed by atoms with Gasteiger partial charge >= 0.3 is 0 Å². The minimum absolute atomic E-state index is 0.0924. The van der Waals surface area contributed by atoms with Gasteiger partial charge in [-0.3, -0.25) is 23.9 Å². The molecule has 10 nitrogen and oxygen atoms in total. The maximum absolute atomic E-state index is 12.2. The lowest BCUT2D eigenvalue weighted by molar-refractivity contribution is -0.114. The van der Waals surface area contributed by atoms with Crippen LogP contribution in [0.1, 0.15) is 12.6 Å². The average Bonchev–Trinajstić information content (AvgIpc) is 2.94. The van der Waals surface area contributed by atoms with E-state index < -0.39 is 15.7 Å². The number of carbonyl (C=O) groups excluding carboxylic acids is 1. The van der Waals surface area contributed by atoms with Crippen molar-refractivity contribution in [2.24, 2.45) is 10.2 Å². The van der Waals surface area contributed by atoms with E-state index in [-0.39, 0.29) is 16.5 Å². The zero-order chi connectivity index (χ0) is 21.2. The molecule has 3 aromatic rings. The van der Waals surface area contributed by atoms with Crippen LogP contribution in [0.5, 0.6) is 0 Å². The Balaban J connectivity index is 1.87. The molecule has 0 bridgehead atoms. The normalized spacial score (nSPS) is 11.7. The highest BCUT2D eigenvalue weighted by Gasteiger charge is 2.14. The van der Waals surface area contributed by atoms with Crippen LogP contribution in [0.4, 0.5) is 17.1 Å². The molecular weight excluding hydrogens is 398 g/mol. The molecule has 0 aliphatic heterocycles. The number of benzene rings is 2. The van der Waals surface area contributed by atoms with Crippen molar-refractivity contribution in [3.8, 4) is 5.69 Å². The third-order valence-corrected chi connectivity index (χ3v) is 4.82. The molecular formula is C18H17N5O5S. The summed E-state index contributed by atoms with van der Waals surface area (Å²) in [4.78, 5) is 23.0. The van der Waals surface area contributed by atoms with Crippen molar-refractivity contribution in [3.63, 3.8) is 0 Å². The van der Waals surface area contributed by atoms with Crippen molar-refractivity contribution in [1.82, 2.24) is 9.78 Å². The maximum atomic E-state index is 12.2. The zero-order valence-electron chi connectivity index (χ0n) is 15.4. The molecule has 3 rings (SSSR count). The lowest BCUT2D eigenvalue weighted by Crippen LogP contribution is -2.05. The van der Waals surface area contributed by atoms with Crippen LogP contribution in [0.3, 0.4) is 0 Å². The first-order chi connectivity index (χ1) is 13.6. The molecule has 0 aliphatic carbocycles. The Morgan fingerprint density at radius 3 is 2.24 bits per heavy atom. The summed E-state index contributed by atoms with van der Waals surface area (Å²) in [5, 5.41) is 13.3. The number of nitrogens with one attached hydrogen (secondary N) is 2. The van der Waals surface area contributed by atoms with Gasteiger partial charge in [-0.15, -0.1) is 5.11 Å². The molecule has 0 aliphatic rings. The number of amides is 1. The van der Waals surface area contributed by atoms with Crippen LogP contribution < -0.4 is 10.9 Å². The first kappa shape index (κ1) is 20.2. The predicted molar refractivity (Wildman–Crippen MR) is 106 cm³/mol. The Morgan fingerprint density at radius 2 is 1.69 bits per heavy atom. The summed E-state index contributed by atoms with van der Waals surface area (Å²) in [7, 11) is -4.30. The summed E-state index contributed by atoms with van der Waals surface area (Å²) in [6.07, 6.45) is 0. The smallest absolute Gasteiger partial charge is 0.294 e. The lowest BCUT2D eigenvalue weighted by Gasteiger charge is -2.06. The maximum Gasteiger partial charge on any atom is 0.294 e. The third-order valence-electron chi connectivity index (χ3n) is 3.95. The monoisotopic (exact) mass is 415 g/mol. The molecule has 11 heteroatoms. The van der Waals surface area contributed by atoms with Gasteiger partial charge in [-0.25, -0.2) is 0 Å². The number of hydrogen-bond donors (Lipinski definition) is 3. The summed E-state index contributed by atoms with van der Waals surface area (Å²) in [6.45, 7) is 3.06. The number of aromatic amines is 1. The molecule has 2 aromatic carbocycles. The van der Waals surface area contributed by atoms with Crippen molar-refractivity contribution in [2.75, 3.05) is 5.32 Å². The minimum Gasteiger partial charge on any atom is -0.326 e. The van der Waals surface area contributed by atoms with E-state index in [1.54, 1.807) is 31.2 Å². The van der Waals surface area contributed by atoms with Crippen LogP contribution in [-0.4, -0.2) is 28.7 Å². The highest BCUT2D eigenvalue weighted by Crippen LogP contribution is 2.22. The number of carbonyl (C=O) groups is 1. The van der Waals surface area contributed by atoms with Crippen LogP contribution in [0, 0.1) is 6.92 Å². The molecule has 3 N–H and O–H groups in total. The molecule has 29 heavy (non-hydrogen) atoms. The molecule has 150 valence electrons. The Hall–Kier alpha value is -3.57. The van der Waals surface area contributed by atoms with Crippen molar-refractivity contribution < 1.29 is 17.8 Å². The Bertz CT molecular complexity index is 1240. The first-order valence-electron chi connectivity index (χ1n) is 8.34. The SMILES string of the molecule is CC(=O)Nc1ccc(N=Nc2c(C)n(-c3ccc(S(=O)(=O)O)cc3)[nH]c2=O)cc1. The second-order valence-corrected chi connectivity index (χ2v) is 7.53. The van der Waals surface area contributed by atoms with Crippen LogP contribution in [0.2, 0.25) is 0 Å². The summed E-state index contributed by atoms with van der Waals surface area (Å²) in [6, 6.07) is 11.9. The number of H-pyrrole nitrogens is 1. The van der Waals surface area contributed by atoms with Crippen molar-refractivity contribution in [1.29, 1.82) is 0 Å². The lowest BCUT2D eigenvalue weighted by atomic mass is 10.3. The first-order valence-corrected chi connectivity index (χ1v) is 9.78. The van der Waals surface area contributed by atoms with Crippen LogP contribution in [0.25, 0.3) is 5.69 Å². The minimum atomic E-state index is -4.30. The number of aromatic nitrogens is 2. The molecule has 0 saturated carbocycles. The van der Waals surface area contributed by atoms with Gasteiger partial charge in [0.1, 0.15) is 0 Å². The summed E-state index contributed by atoms with van der Waals surface area (Å²) >= 11 is 0. The quantitative estimate of drug-likeness (QED) is 0.433. The van der Waals surface area contributed by atoms with Gasteiger partial charge in [0.05, 0.1) is 22.0 Å². The molecule has 0 fully saturated rings. The predicted octanol–water partition coefficient (Wildman–Crippen LogP) is 3.09. The highest BCUT2D eigenvalue weighted by atomic mass is 32.2. The number of nitrogens with zero attached hydrogens (tertiary/aromatic N) is 3. The second-order valence-electron chi connectivity index (χ2n) is 6.11. The van der Waals surface area contributed by atoms with Gasteiger partial charge in [0.2, 0.25) is 5.91 Å². The fourth-order valence-electron chi connectivity index (χ4n) is 2.57. The van der Waals surface area contributed by atoms with Crippen molar-refractivity contribution in [2.45, 2.75) is 18.7 Å². The van der Waals surface area contributed by atoms with Gasteiger partial charge in [-0.1, -0.05) is 0 Å². The molecule has 1 amide bonds. The van der Waals surface area contributed by atoms with Gasteiger partial charge in [0.25, 0.3) is 15.7 Å². The molecule has 0 unspecified atom stereocenters. The van der Waals surface area contributed by atoms with Gasteiger partial charge in [0, 0.05) is 12.6 Å². The van der Waals surface area contributed by atoms with E-state index in [0.717, 1.165) is 0 Å². The highest BCUT2D eigenvalue weighted by molar-refractivity contribution is 7.85. The molecule has 0 spiro atoms. The van der Waals surface area contributed by atoms with E-state index in [4.69, 9.17) is 4.55 Å². The topological polar surface area (TPSA) is 146 Å². The number of hydrogen-bond acceptors (Lipinski definition) is 6. The Kier molecular flexibility index (Phi) is 5.43.